The molecule has 4 nitrogen and oxygen atoms in total. The molecule has 0 spiro atoms. The molecule has 1 heterocycles. The van der Waals surface area contributed by atoms with Gasteiger partial charge < -0.3 is 14.9 Å². The molecule has 1 aliphatic rings. The van der Waals surface area contributed by atoms with Crippen LogP contribution in [-0.2, 0) is 6.18 Å². The van der Waals surface area contributed by atoms with Crippen molar-refractivity contribution in [3.63, 3.8) is 0 Å². The summed E-state index contributed by atoms with van der Waals surface area (Å²) in [4.78, 5) is 4.09. The molecular formula is C18H24F3N3O. The number of nitrogens with zero attached hydrogens (tertiary/aromatic N) is 3. The molecule has 1 saturated heterocycles. The zero-order valence-electron chi connectivity index (χ0n) is 14.6. The molecule has 1 aromatic rings. The number of aliphatic hydroxyl groups is 1. The SMILES string of the molecule is CC(O)CN1CCC(CN(C)c2ccc(C(F)(F)F)cc2C#N)CC1. The van der Waals surface area contributed by atoms with E-state index in [4.69, 9.17) is 0 Å². The topological polar surface area (TPSA) is 50.5 Å². The van der Waals surface area contributed by atoms with Crippen molar-refractivity contribution in [1.29, 1.82) is 5.26 Å². The van der Waals surface area contributed by atoms with E-state index in [0.717, 1.165) is 38.1 Å². The molecule has 7 heteroatoms. The lowest BCUT2D eigenvalue weighted by molar-refractivity contribution is -0.137. The lowest BCUT2D eigenvalue weighted by Gasteiger charge is -2.35. The molecule has 1 N–H and O–H groups in total. The fourth-order valence-corrected chi connectivity index (χ4v) is 3.35. The van der Waals surface area contributed by atoms with Gasteiger partial charge in [-0.3, -0.25) is 0 Å². The van der Waals surface area contributed by atoms with E-state index in [0.29, 0.717) is 24.7 Å². The van der Waals surface area contributed by atoms with Crippen molar-refractivity contribution in [2.75, 3.05) is 38.1 Å². The molecule has 25 heavy (non-hydrogen) atoms. The van der Waals surface area contributed by atoms with Gasteiger partial charge in [0.05, 0.1) is 22.9 Å². The van der Waals surface area contributed by atoms with Crippen LogP contribution in [-0.4, -0.2) is 49.3 Å². The molecule has 138 valence electrons. The van der Waals surface area contributed by atoms with Crippen molar-refractivity contribution in [2.45, 2.75) is 32.0 Å². The molecule has 1 aromatic carbocycles. The van der Waals surface area contributed by atoms with Crippen molar-refractivity contribution >= 4 is 5.69 Å². The van der Waals surface area contributed by atoms with Gasteiger partial charge in [-0.05, 0) is 57.0 Å². The van der Waals surface area contributed by atoms with Gasteiger partial charge in [0.15, 0.2) is 0 Å². The minimum absolute atomic E-state index is 0.0452. The van der Waals surface area contributed by atoms with Crippen LogP contribution in [0.25, 0.3) is 0 Å². The first-order valence-electron chi connectivity index (χ1n) is 8.43. The second kappa shape index (κ2) is 8.07. The van der Waals surface area contributed by atoms with Crippen molar-refractivity contribution in [3.05, 3.63) is 29.3 Å². The summed E-state index contributed by atoms with van der Waals surface area (Å²) in [5.41, 5.74) is -0.224. The quantitative estimate of drug-likeness (QED) is 0.882. The number of halogens is 3. The number of β-amino-alcohol motifs (C(OH)–C–C–N with tert-alkyl or cyclic N) is 1. The number of piperidine rings is 1. The first-order valence-corrected chi connectivity index (χ1v) is 8.43. The molecule has 0 aromatic heterocycles. The average Bonchev–Trinajstić information content (AvgIpc) is 2.54. The Morgan fingerprint density at radius 1 is 1.36 bits per heavy atom. The van der Waals surface area contributed by atoms with Crippen LogP contribution in [0.2, 0.25) is 0 Å². The summed E-state index contributed by atoms with van der Waals surface area (Å²) in [7, 11) is 1.81. The van der Waals surface area contributed by atoms with E-state index >= 15 is 0 Å². The predicted molar refractivity (Wildman–Crippen MR) is 90.3 cm³/mol. The largest absolute Gasteiger partial charge is 0.416 e. The van der Waals surface area contributed by atoms with Crippen LogP contribution in [0.1, 0.15) is 30.9 Å². The van der Waals surface area contributed by atoms with E-state index in [1.165, 1.54) is 6.07 Å². The van der Waals surface area contributed by atoms with Gasteiger partial charge in [-0.2, -0.15) is 18.4 Å². The Hall–Kier alpha value is -1.78. The third-order valence-corrected chi connectivity index (χ3v) is 4.62. The molecule has 1 atom stereocenters. The lowest BCUT2D eigenvalue weighted by atomic mass is 9.95. The standard InChI is InChI=1S/C18H24F3N3O/c1-13(25)11-24-7-5-14(6-8-24)12-23(2)17-4-3-16(18(19,20)21)9-15(17)10-22/h3-4,9,13-14,25H,5-8,11-12H2,1-2H3. The summed E-state index contributed by atoms with van der Waals surface area (Å²) in [6.45, 7) is 4.94. The highest BCUT2D eigenvalue weighted by molar-refractivity contribution is 5.60. The maximum atomic E-state index is 12.8. The van der Waals surface area contributed by atoms with E-state index in [-0.39, 0.29) is 11.7 Å². The van der Waals surface area contributed by atoms with Gasteiger partial charge in [0.1, 0.15) is 6.07 Å². The normalized spacial score (nSPS) is 18.0. The third-order valence-electron chi connectivity index (χ3n) is 4.62. The van der Waals surface area contributed by atoms with Crippen molar-refractivity contribution < 1.29 is 18.3 Å². The van der Waals surface area contributed by atoms with Crippen LogP contribution in [0, 0.1) is 17.2 Å². The third kappa shape index (κ3) is 5.35. The van der Waals surface area contributed by atoms with Gasteiger partial charge in [0.25, 0.3) is 0 Å². The molecule has 0 bridgehead atoms. The molecule has 2 rings (SSSR count). The number of anilines is 1. The van der Waals surface area contributed by atoms with Gasteiger partial charge in [-0.1, -0.05) is 0 Å². The molecule has 0 radical (unpaired) electrons. The Morgan fingerprint density at radius 2 is 2.00 bits per heavy atom. The van der Waals surface area contributed by atoms with Gasteiger partial charge in [0, 0.05) is 20.1 Å². The molecule has 0 amide bonds. The smallest absolute Gasteiger partial charge is 0.392 e. The number of benzene rings is 1. The fraction of sp³-hybridized carbons (Fsp3) is 0.611. The number of rotatable bonds is 5. The molecule has 1 unspecified atom stereocenters. The summed E-state index contributed by atoms with van der Waals surface area (Å²) >= 11 is 0. The summed E-state index contributed by atoms with van der Waals surface area (Å²) in [6.07, 6.45) is -2.84. The minimum Gasteiger partial charge on any atom is -0.392 e. The highest BCUT2D eigenvalue weighted by atomic mass is 19.4. The second-order valence-electron chi connectivity index (χ2n) is 6.82. The fourth-order valence-electron chi connectivity index (χ4n) is 3.35. The van der Waals surface area contributed by atoms with Crippen molar-refractivity contribution in [3.8, 4) is 6.07 Å². The number of hydrogen-bond donors (Lipinski definition) is 1. The second-order valence-corrected chi connectivity index (χ2v) is 6.82. The van der Waals surface area contributed by atoms with Crippen LogP contribution in [0.15, 0.2) is 18.2 Å². The molecular weight excluding hydrogens is 331 g/mol. The van der Waals surface area contributed by atoms with E-state index in [1.54, 1.807) is 6.92 Å². The molecule has 1 fully saturated rings. The van der Waals surface area contributed by atoms with Crippen LogP contribution in [0.4, 0.5) is 18.9 Å². The monoisotopic (exact) mass is 355 g/mol. The minimum atomic E-state index is -4.45. The molecule has 0 saturated carbocycles. The van der Waals surface area contributed by atoms with Gasteiger partial charge in [-0.15, -0.1) is 0 Å². The van der Waals surface area contributed by atoms with Gasteiger partial charge in [-0.25, -0.2) is 0 Å². The molecule has 1 aliphatic heterocycles. The van der Waals surface area contributed by atoms with Gasteiger partial charge in [0.2, 0.25) is 0 Å². The lowest BCUT2D eigenvalue weighted by Crippen LogP contribution is -2.40. The Labute approximate surface area is 146 Å². The van der Waals surface area contributed by atoms with E-state index < -0.39 is 11.7 Å². The first kappa shape index (κ1) is 19.5. The highest BCUT2D eigenvalue weighted by Gasteiger charge is 2.31. The number of likely N-dealkylation sites (tertiary alicyclic amines) is 1. The van der Waals surface area contributed by atoms with Crippen LogP contribution in [0.5, 0.6) is 0 Å². The molecule has 0 aliphatic carbocycles. The van der Waals surface area contributed by atoms with Crippen LogP contribution < -0.4 is 4.90 Å². The zero-order valence-corrected chi connectivity index (χ0v) is 14.6. The highest BCUT2D eigenvalue weighted by Crippen LogP contribution is 2.33. The number of nitriles is 1. The Balaban J connectivity index is 2.00. The zero-order chi connectivity index (χ0) is 18.6. The summed E-state index contributed by atoms with van der Waals surface area (Å²) in [6, 6.07) is 5.20. The van der Waals surface area contributed by atoms with Crippen molar-refractivity contribution in [2.24, 2.45) is 5.92 Å². The Morgan fingerprint density at radius 3 is 2.52 bits per heavy atom. The van der Waals surface area contributed by atoms with Crippen LogP contribution in [0.3, 0.4) is 0 Å². The predicted octanol–water partition coefficient (Wildman–Crippen LogP) is 3.11. The summed E-state index contributed by atoms with van der Waals surface area (Å²) in [5.74, 6) is 0.420. The maximum Gasteiger partial charge on any atom is 0.416 e. The van der Waals surface area contributed by atoms with E-state index in [1.807, 2.05) is 18.0 Å². The maximum absolute atomic E-state index is 12.8. The number of aliphatic hydroxyl groups excluding tert-OH is 1. The van der Waals surface area contributed by atoms with Crippen LogP contribution >= 0.6 is 0 Å². The van der Waals surface area contributed by atoms with E-state index in [9.17, 15) is 23.5 Å². The van der Waals surface area contributed by atoms with Gasteiger partial charge >= 0.3 is 6.18 Å². The number of hydrogen-bond acceptors (Lipinski definition) is 4. The summed E-state index contributed by atoms with van der Waals surface area (Å²) in [5, 5.41) is 18.6. The van der Waals surface area contributed by atoms with E-state index in [2.05, 4.69) is 4.90 Å². The number of alkyl halides is 3. The summed E-state index contributed by atoms with van der Waals surface area (Å²) < 4.78 is 38.4. The average molecular weight is 355 g/mol. The Bertz CT molecular complexity index is 617. The Kier molecular flexibility index (Phi) is 6.31. The van der Waals surface area contributed by atoms with Crippen molar-refractivity contribution in [1.82, 2.24) is 4.90 Å². The first-order chi connectivity index (χ1) is 11.7.